The van der Waals surface area contributed by atoms with Crippen LogP contribution in [-0.2, 0) is 16.4 Å². The molecule has 1 saturated heterocycles. The highest BCUT2D eigenvalue weighted by atomic mass is 32.2. The molecule has 0 aromatic heterocycles. The zero-order valence-corrected chi connectivity index (χ0v) is 11.7. The zero-order chi connectivity index (χ0) is 13.9. The number of sulfone groups is 1. The summed E-state index contributed by atoms with van der Waals surface area (Å²) in [7, 11) is -3.01. The predicted octanol–water partition coefficient (Wildman–Crippen LogP) is 1.50. The van der Waals surface area contributed by atoms with Gasteiger partial charge in [-0.3, -0.25) is 0 Å². The van der Waals surface area contributed by atoms with Gasteiger partial charge >= 0.3 is 0 Å². The standard InChI is InChI=1S/C13H18FNO3S/c1-2-15-8-10-3-4-13(12(14)7-10)18-11-5-6-19(16,17)9-11/h3-4,7,11,15H,2,5-6,8-9H2,1H3. The number of nitrogens with one attached hydrogen (secondary N) is 1. The Morgan fingerprint density at radius 3 is 2.84 bits per heavy atom. The maximum absolute atomic E-state index is 13.8. The van der Waals surface area contributed by atoms with Crippen LogP contribution in [0.1, 0.15) is 18.9 Å². The molecule has 1 N–H and O–H groups in total. The van der Waals surface area contributed by atoms with Crippen molar-refractivity contribution < 1.29 is 17.5 Å². The Morgan fingerprint density at radius 2 is 2.26 bits per heavy atom. The van der Waals surface area contributed by atoms with Crippen LogP contribution in [-0.4, -0.2) is 32.6 Å². The molecule has 1 aromatic rings. The van der Waals surface area contributed by atoms with Crippen LogP contribution in [0.15, 0.2) is 18.2 Å². The van der Waals surface area contributed by atoms with Gasteiger partial charge in [0.15, 0.2) is 21.4 Å². The minimum absolute atomic E-state index is 0.0222. The molecule has 1 unspecified atom stereocenters. The summed E-state index contributed by atoms with van der Waals surface area (Å²) in [6.07, 6.45) is 0.0000900. The van der Waals surface area contributed by atoms with E-state index in [4.69, 9.17) is 4.74 Å². The van der Waals surface area contributed by atoms with E-state index in [0.717, 1.165) is 12.1 Å². The summed E-state index contributed by atoms with van der Waals surface area (Å²) < 4.78 is 41.9. The van der Waals surface area contributed by atoms with Crippen molar-refractivity contribution in [2.45, 2.75) is 26.0 Å². The lowest BCUT2D eigenvalue weighted by Gasteiger charge is -2.13. The van der Waals surface area contributed by atoms with E-state index in [-0.39, 0.29) is 17.3 Å². The normalized spacial score (nSPS) is 21.5. The Balaban J connectivity index is 2.01. The van der Waals surface area contributed by atoms with E-state index in [1.54, 1.807) is 12.1 Å². The Morgan fingerprint density at radius 1 is 1.47 bits per heavy atom. The molecule has 6 heteroatoms. The molecule has 0 spiro atoms. The Kier molecular flexibility index (Phi) is 4.42. The van der Waals surface area contributed by atoms with Crippen molar-refractivity contribution in [1.82, 2.24) is 5.32 Å². The Labute approximate surface area is 112 Å². The number of hydrogen-bond donors (Lipinski definition) is 1. The lowest BCUT2D eigenvalue weighted by Crippen LogP contribution is -2.18. The third-order valence-electron chi connectivity index (χ3n) is 3.06. The monoisotopic (exact) mass is 287 g/mol. The van der Waals surface area contributed by atoms with Gasteiger partial charge in [0, 0.05) is 6.54 Å². The molecule has 19 heavy (non-hydrogen) atoms. The average Bonchev–Trinajstić information content (AvgIpc) is 2.69. The molecule has 2 rings (SSSR count). The van der Waals surface area contributed by atoms with Gasteiger partial charge in [-0.2, -0.15) is 0 Å². The maximum atomic E-state index is 13.8. The van der Waals surface area contributed by atoms with Gasteiger partial charge in [0.05, 0.1) is 11.5 Å². The van der Waals surface area contributed by atoms with Crippen LogP contribution >= 0.6 is 0 Å². The highest BCUT2D eigenvalue weighted by molar-refractivity contribution is 7.91. The Hall–Kier alpha value is -1.14. The largest absolute Gasteiger partial charge is 0.486 e. The van der Waals surface area contributed by atoms with Gasteiger partial charge in [0.25, 0.3) is 0 Å². The van der Waals surface area contributed by atoms with Crippen molar-refractivity contribution in [2.75, 3.05) is 18.1 Å². The van der Waals surface area contributed by atoms with E-state index in [2.05, 4.69) is 5.32 Å². The molecular weight excluding hydrogens is 269 g/mol. The van der Waals surface area contributed by atoms with Crippen molar-refractivity contribution in [2.24, 2.45) is 0 Å². The molecule has 1 aromatic carbocycles. The van der Waals surface area contributed by atoms with Crippen LogP contribution < -0.4 is 10.1 Å². The second-order valence-corrected chi connectivity index (χ2v) is 6.92. The molecule has 0 radical (unpaired) electrons. The molecule has 1 atom stereocenters. The van der Waals surface area contributed by atoms with E-state index in [1.807, 2.05) is 6.92 Å². The summed E-state index contributed by atoms with van der Waals surface area (Å²) in [4.78, 5) is 0. The van der Waals surface area contributed by atoms with E-state index >= 15 is 0 Å². The summed E-state index contributed by atoms with van der Waals surface area (Å²) in [6.45, 7) is 3.40. The highest BCUT2D eigenvalue weighted by Crippen LogP contribution is 2.23. The molecule has 1 heterocycles. The molecule has 4 nitrogen and oxygen atoms in total. The molecule has 1 aliphatic rings. The number of hydrogen-bond acceptors (Lipinski definition) is 4. The quantitative estimate of drug-likeness (QED) is 0.891. The molecule has 1 aliphatic heterocycles. The van der Waals surface area contributed by atoms with Crippen LogP contribution in [0.2, 0.25) is 0 Å². The van der Waals surface area contributed by atoms with Gasteiger partial charge in [-0.15, -0.1) is 0 Å². The highest BCUT2D eigenvalue weighted by Gasteiger charge is 2.29. The van der Waals surface area contributed by atoms with Crippen LogP contribution in [0.3, 0.4) is 0 Å². The third-order valence-corrected chi connectivity index (χ3v) is 4.80. The van der Waals surface area contributed by atoms with Crippen molar-refractivity contribution in [3.8, 4) is 5.75 Å². The van der Waals surface area contributed by atoms with E-state index < -0.39 is 21.8 Å². The summed E-state index contributed by atoms with van der Waals surface area (Å²) in [5.41, 5.74) is 0.839. The first-order valence-corrected chi connectivity index (χ1v) is 8.18. The first kappa shape index (κ1) is 14.3. The number of halogens is 1. The van der Waals surface area contributed by atoms with Crippen molar-refractivity contribution in [3.63, 3.8) is 0 Å². The number of rotatable bonds is 5. The fourth-order valence-corrected chi connectivity index (χ4v) is 3.64. The van der Waals surface area contributed by atoms with E-state index in [0.29, 0.717) is 13.0 Å². The summed E-state index contributed by atoms with van der Waals surface area (Å²) in [5.74, 6) is -0.217. The minimum atomic E-state index is -3.01. The van der Waals surface area contributed by atoms with Crippen LogP contribution in [0.25, 0.3) is 0 Å². The number of ether oxygens (including phenoxy) is 1. The summed E-state index contributed by atoms with van der Waals surface area (Å²) in [5, 5.41) is 3.11. The molecule has 106 valence electrons. The van der Waals surface area contributed by atoms with Crippen LogP contribution in [0.5, 0.6) is 5.75 Å². The second kappa shape index (κ2) is 5.88. The van der Waals surface area contributed by atoms with Gasteiger partial charge < -0.3 is 10.1 Å². The smallest absolute Gasteiger partial charge is 0.165 e. The topological polar surface area (TPSA) is 55.4 Å². The van der Waals surface area contributed by atoms with E-state index in [1.165, 1.54) is 6.07 Å². The van der Waals surface area contributed by atoms with Gasteiger partial charge in [-0.05, 0) is 30.7 Å². The fraction of sp³-hybridized carbons (Fsp3) is 0.538. The van der Waals surface area contributed by atoms with Crippen LogP contribution in [0.4, 0.5) is 4.39 Å². The van der Waals surface area contributed by atoms with Crippen LogP contribution in [0, 0.1) is 5.82 Å². The second-order valence-electron chi connectivity index (χ2n) is 4.69. The van der Waals surface area contributed by atoms with Gasteiger partial charge in [-0.25, -0.2) is 12.8 Å². The summed E-state index contributed by atoms with van der Waals surface area (Å²) >= 11 is 0. The molecule has 0 bridgehead atoms. The Bertz CT molecular complexity index is 545. The average molecular weight is 287 g/mol. The summed E-state index contributed by atoms with van der Waals surface area (Å²) in [6, 6.07) is 4.76. The lowest BCUT2D eigenvalue weighted by molar-refractivity contribution is 0.218. The van der Waals surface area contributed by atoms with Gasteiger partial charge in [0.1, 0.15) is 6.10 Å². The first-order valence-electron chi connectivity index (χ1n) is 6.36. The molecule has 0 aliphatic carbocycles. The SMILES string of the molecule is CCNCc1ccc(OC2CCS(=O)(=O)C2)c(F)c1. The van der Waals surface area contributed by atoms with Gasteiger partial charge in [-0.1, -0.05) is 13.0 Å². The zero-order valence-electron chi connectivity index (χ0n) is 10.9. The van der Waals surface area contributed by atoms with Crippen molar-refractivity contribution >= 4 is 9.84 Å². The molecular formula is C13H18FNO3S. The van der Waals surface area contributed by atoms with E-state index in [9.17, 15) is 12.8 Å². The molecule has 0 amide bonds. The lowest BCUT2D eigenvalue weighted by atomic mass is 10.2. The van der Waals surface area contributed by atoms with Crippen molar-refractivity contribution in [3.05, 3.63) is 29.6 Å². The van der Waals surface area contributed by atoms with Crippen molar-refractivity contribution in [1.29, 1.82) is 0 Å². The number of benzene rings is 1. The fourth-order valence-electron chi connectivity index (χ4n) is 2.05. The maximum Gasteiger partial charge on any atom is 0.165 e. The first-order chi connectivity index (χ1) is 9.00. The third kappa shape index (κ3) is 3.91. The molecule has 1 fully saturated rings. The molecule has 0 saturated carbocycles. The predicted molar refractivity (Wildman–Crippen MR) is 71.5 cm³/mol. The van der Waals surface area contributed by atoms with Gasteiger partial charge in [0.2, 0.25) is 0 Å². The minimum Gasteiger partial charge on any atom is -0.486 e.